The minimum Gasteiger partial charge on any atom is -0.457 e. The summed E-state index contributed by atoms with van der Waals surface area (Å²) in [6, 6.07) is 16.8. The van der Waals surface area contributed by atoms with Gasteiger partial charge >= 0.3 is 0 Å². The van der Waals surface area contributed by atoms with Gasteiger partial charge in [-0.1, -0.05) is 18.2 Å². The van der Waals surface area contributed by atoms with Crippen molar-refractivity contribution in [3.05, 3.63) is 66.7 Å². The first kappa shape index (κ1) is 12.2. The lowest BCUT2D eigenvalue weighted by atomic mass is 10.2. The minimum absolute atomic E-state index is 0.346. The smallest absolute Gasteiger partial charge is 0.258 e. The Kier molecular flexibility index (Phi) is 3.05. The Labute approximate surface area is 115 Å². The molecule has 0 spiro atoms. The molecule has 0 aromatic heterocycles. The molecule has 2 aromatic carbocycles. The third-order valence-electron chi connectivity index (χ3n) is 2.81. The van der Waals surface area contributed by atoms with Crippen LogP contribution in [0, 0.1) is 6.07 Å². The van der Waals surface area contributed by atoms with Gasteiger partial charge in [0.25, 0.3) is 11.8 Å². The molecule has 1 aliphatic heterocycles. The third kappa shape index (κ3) is 2.31. The van der Waals surface area contributed by atoms with E-state index in [9.17, 15) is 9.59 Å². The molecule has 0 bridgehead atoms. The summed E-state index contributed by atoms with van der Waals surface area (Å²) in [6.45, 7) is 0. The van der Waals surface area contributed by atoms with Crippen LogP contribution in [0.1, 0.15) is 0 Å². The average molecular weight is 264 g/mol. The molecule has 2 aromatic rings. The van der Waals surface area contributed by atoms with Crippen LogP contribution < -0.4 is 9.64 Å². The van der Waals surface area contributed by atoms with Crippen LogP contribution in [-0.2, 0) is 9.59 Å². The molecule has 0 N–H and O–H groups in total. The van der Waals surface area contributed by atoms with E-state index < -0.39 is 0 Å². The van der Waals surface area contributed by atoms with Crippen LogP contribution in [0.15, 0.2) is 60.7 Å². The molecule has 0 aliphatic carbocycles. The van der Waals surface area contributed by atoms with Gasteiger partial charge in [0.1, 0.15) is 11.5 Å². The van der Waals surface area contributed by atoms with E-state index in [2.05, 4.69) is 6.07 Å². The Morgan fingerprint density at radius 1 is 0.900 bits per heavy atom. The second-order valence-electron chi connectivity index (χ2n) is 4.18. The minimum atomic E-state index is -0.346. The zero-order chi connectivity index (χ0) is 13.9. The number of carbonyl (C=O) groups excluding carboxylic acids is 2. The Hall–Kier alpha value is -2.88. The molecule has 20 heavy (non-hydrogen) atoms. The number of hydrogen-bond acceptors (Lipinski definition) is 3. The largest absolute Gasteiger partial charge is 0.457 e. The van der Waals surface area contributed by atoms with Gasteiger partial charge in [-0.2, -0.15) is 0 Å². The lowest BCUT2D eigenvalue weighted by Gasteiger charge is -2.15. The molecule has 4 nitrogen and oxygen atoms in total. The topological polar surface area (TPSA) is 46.6 Å². The highest BCUT2D eigenvalue weighted by atomic mass is 16.5. The monoisotopic (exact) mass is 264 g/mol. The maximum atomic E-state index is 11.6. The number of rotatable bonds is 3. The Morgan fingerprint density at radius 3 is 2.30 bits per heavy atom. The number of carbonyl (C=O) groups is 2. The number of hydrogen-bond donors (Lipinski definition) is 0. The lowest BCUT2D eigenvalue weighted by Crippen LogP contribution is -2.29. The molecule has 1 aliphatic rings. The molecule has 0 unspecified atom stereocenters. The van der Waals surface area contributed by atoms with Crippen LogP contribution in [0.3, 0.4) is 0 Å². The number of anilines is 1. The number of benzene rings is 2. The van der Waals surface area contributed by atoms with Crippen LogP contribution in [-0.4, -0.2) is 11.8 Å². The van der Waals surface area contributed by atoms with E-state index in [0.29, 0.717) is 17.2 Å². The van der Waals surface area contributed by atoms with Crippen molar-refractivity contribution in [2.75, 3.05) is 4.90 Å². The SMILES string of the molecule is O=C1C=CC(=O)N1c1cccc(Oc2cc[c]cc2)c1. The molecule has 1 heterocycles. The predicted molar refractivity (Wildman–Crippen MR) is 73.4 cm³/mol. The Morgan fingerprint density at radius 2 is 1.60 bits per heavy atom. The normalized spacial score (nSPS) is 13.9. The van der Waals surface area contributed by atoms with Crippen molar-refractivity contribution in [1.82, 2.24) is 0 Å². The van der Waals surface area contributed by atoms with Crippen molar-refractivity contribution >= 4 is 17.5 Å². The number of ether oxygens (including phenoxy) is 1. The van der Waals surface area contributed by atoms with Gasteiger partial charge in [0.15, 0.2) is 0 Å². The maximum Gasteiger partial charge on any atom is 0.258 e. The van der Waals surface area contributed by atoms with Gasteiger partial charge in [-0.05, 0) is 30.3 Å². The zero-order valence-corrected chi connectivity index (χ0v) is 10.4. The molecule has 0 saturated carbocycles. The molecule has 3 rings (SSSR count). The second-order valence-corrected chi connectivity index (χ2v) is 4.18. The summed E-state index contributed by atoms with van der Waals surface area (Å²) in [6.07, 6.45) is 2.51. The van der Waals surface area contributed by atoms with Gasteiger partial charge in [-0.3, -0.25) is 9.59 Å². The fourth-order valence-corrected chi connectivity index (χ4v) is 1.92. The van der Waals surface area contributed by atoms with E-state index in [4.69, 9.17) is 4.74 Å². The van der Waals surface area contributed by atoms with E-state index in [1.54, 1.807) is 48.5 Å². The van der Waals surface area contributed by atoms with Crippen LogP contribution in [0.5, 0.6) is 11.5 Å². The Balaban J connectivity index is 1.87. The summed E-state index contributed by atoms with van der Waals surface area (Å²) in [5.41, 5.74) is 0.491. The van der Waals surface area contributed by atoms with E-state index >= 15 is 0 Å². The van der Waals surface area contributed by atoms with Crippen molar-refractivity contribution in [3.8, 4) is 11.5 Å². The summed E-state index contributed by atoms with van der Waals surface area (Å²) < 4.78 is 5.66. The summed E-state index contributed by atoms with van der Waals surface area (Å²) in [7, 11) is 0. The maximum absolute atomic E-state index is 11.6. The first-order valence-corrected chi connectivity index (χ1v) is 6.04. The van der Waals surface area contributed by atoms with E-state index in [1.807, 2.05) is 0 Å². The van der Waals surface area contributed by atoms with E-state index in [-0.39, 0.29) is 11.8 Å². The van der Waals surface area contributed by atoms with Crippen molar-refractivity contribution < 1.29 is 14.3 Å². The standard InChI is InChI=1S/C16H10NO3/c18-15-9-10-16(19)17(15)12-5-4-8-14(11-12)20-13-6-2-1-3-7-13/h2-11H. The summed E-state index contributed by atoms with van der Waals surface area (Å²) in [5, 5.41) is 0. The van der Waals surface area contributed by atoms with E-state index in [1.165, 1.54) is 12.2 Å². The van der Waals surface area contributed by atoms with Gasteiger partial charge in [-0.25, -0.2) is 4.90 Å². The highest BCUT2D eigenvalue weighted by Crippen LogP contribution is 2.27. The number of nitrogens with zero attached hydrogens (tertiary/aromatic N) is 1. The van der Waals surface area contributed by atoms with Gasteiger partial charge in [0.05, 0.1) is 5.69 Å². The molecule has 0 atom stereocenters. The summed E-state index contributed by atoms with van der Waals surface area (Å²) in [5.74, 6) is 0.530. The van der Waals surface area contributed by atoms with Crippen LogP contribution >= 0.6 is 0 Å². The van der Waals surface area contributed by atoms with E-state index in [0.717, 1.165) is 4.90 Å². The average Bonchev–Trinajstić information content (AvgIpc) is 2.80. The Bertz CT molecular complexity index is 674. The molecule has 2 amide bonds. The van der Waals surface area contributed by atoms with Crippen molar-refractivity contribution in [2.24, 2.45) is 0 Å². The lowest BCUT2D eigenvalue weighted by molar-refractivity contribution is -0.119. The summed E-state index contributed by atoms with van der Waals surface area (Å²) >= 11 is 0. The van der Waals surface area contributed by atoms with Crippen LogP contribution in [0.2, 0.25) is 0 Å². The van der Waals surface area contributed by atoms with Gasteiger partial charge in [0, 0.05) is 18.2 Å². The number of imide groups is 1. The first-order valence-electron chi connectivity index (χ1n) is 6.04. The molecule has 4 heteroatoms. The number of amides is 2. The first-order chi connectivity index (χ1) is 9.74. The molecular weight excluding hydrogens is 254 g/mol. The zero-order valence-electron chi connectivity index (χ0n) is 10.4. The molecular formula is C16H10NO3. The van der Waals surface area contributed by atoms with Crippen molar-refractivity contribution in [3.63, 3.8) is 0 Å². The van der Waals surface area contributed by atoms with Crippen molar-refractivity contribution in [2.45, 2.75) is 0 Å². The highest BCUT2D eigenvalue weighted by Gasteiger charge is 2.25. The molecule has 1 radical (unpaired) electrons. The highest BCUT2D eigenvalue weighted by molar-refractivity contribution is 6.28. The van der Waals surface area contributed by atoms with Gasteiger partial charge in [0.2, 0.25) is 0 Å². The fraction of sp³-hybridized carbons (Fsp3) is 0. The van der Waals surface area contributed by atoms with Crippen molar-refractivity contribution in [1.29, 1.82) is 0 Å². The van der Waals surface area contributed by atoms with Crippen LogP contribution in [0.4, 0.5) is 5.69 Å². The quantitative estimate of drug-likeness (QED) is 0.801. The summed E-state index contributed by atoms with van der Waals surface area (Å²) in [4.78, 5) is 24.4. The fourth-order valence-electron chi connectivity index (χ4n) is 1.92. The van der Waals surface area contributed by atoms with Crippen LogP contribution in [0.25, 0.3) is 0 Å². The third-order valence-corrected chi connectivity index (χ3v) is 2.81. The molecule has 97 valence electrons. The second kappa shape index (κ2) is 5.01. The molecule has 0 saturated heterocycles. The van der Waals surface area contributed by atoms with Gasteiger partial charge < -0.3 is 4.74 Å². The predicted octanol–water partition coefficient (Wildman–Crippen LogP) is 2.71. The van der Waals surface area contributed by atoms with Gasteiger partial charge in [-0.15, -0.1) is 0 Å². The molecule has 0 fully saturated rings.